The Morgan fingerprint density at radius 3 is 1.77 bits per heavy atom. The molecule has 4 N–H and O–H groups in total. The van der Waals surface area contributed by atoms with E-state index in [1.54, 1.807) is 43.1 Å². The maximum atomic E-state index is 14.5. The number of alkyl halides is 3. The Morgan fingerprint density at radius 2 is 1.27 bits per heavy atom. The van der Waals surface area contributed by atoms with Gasteiger partial charge < -0.3 is 39.9 Å². The van der Waals surface area contributed by atoms with E-state index in [1.807, 2.05) is 32.0 Å². The maximum Gasteiger partial charge on any atom is 0.433 e. The van der Waals surface area contributed by atoms with Gasteiger partial charge in [-0.1, -0.05) is 52.0 Å². The molecule has 4 amide bonds. The number of alkyl carbamates (subject to hydrolysis) is 2. The fourth-order valence-electron chi connectivity index (χ4n) is 7.56. The number of fused-ring (bicyclic) bond motifs is 1. The molecule has 2 aromatic heterocycles. The number of carbonyl (C=O) groups excluding carboxylic acids is 4. The summed E-state index contributed by atoms with van der Waals surface area (Å²) >= 11 is 0. The number of amides is 4. The normalized spacial score (nSPS) is 18.4. The van der Waals surface area contributed by atoms with Crippen LogP contribution in [0.25, 0.3) is 33.3 Å². The molecule has 300 valence electrons. The Labute approximate surface area is 321 Å². The van der Waals surface area contributed by atoms with Crippen LogP contribution in [0.15, 0.2) is 42.6 Å². The Kier molecular flexibility index (Phi) is 11.6. The van der Waals surface area contributed by atoms with Gasteiger partial charge in [0.05, 0.1) is 38.2 Å². The molecule has 4 aromatic rings. The Hall–Kier alpha value is -5.61. The summed E-state index contributed by atoms with van der Waals surface area (Å²) in [6.07, 6.45) is -2.12. The number of nitrogens with one attached hydrogen (secondary N) is 4. The van der Waals surface area contributed by atoms with E-state index in [0.717, 1.165) is 17.4 Å². The number of methoxy groups -OCH3 is 2. The molecule has 2 saturated heterocycles. The third-order valence-corrected chi connectivity index (χ3v) is 10.5. The molecule has 17 heteroatoms. The van der Waals surface area contributed by atoms with Crippen LogP contribution in [0.5, 0.6) is 0 Å². The van der Waals surface area contributed by atoms with Crippen molar-refractivity contribution in [2.75, 3.05) is 27.3 Å². The number of aromatic nitrogens is 4. The van der Waals surface area contributed by atoms with E-state index in [1.165, 1.54) is 19.1 Å². The smallest absolute Gasteiger partial charge is 0.433 e. The molecule has 14 nitrogen and oxygen atoms in total. The molecule has 2 aliphatic heterocycles. The lowest BCUT2D eigenvalue weighted by Gasteiger charge is -2.30. The molecule has 0 bridgehead atoms. The molecule has 2 aromatic carbocycles. The molecule has 0 unspecified atom stereocenters. The third kappa shape index (κ3) is 8.16. The van der Waals surface area contributed by atoms with Gasteiger partial charge in [0.1, 0.15) is 35.1 Å². The van der Waals surface area contributed by atoms with Gasteiger partial charge in [-0.25, -0.2) is 19.6 Å². The first-order chi connectivity index (χ1) is 26.6. The quantitative estimate of drug-likeness (QED) is 0.137. The largest absolute Gasteiger partial charge is 0.453 e. The van der Waals surface area contributed by atoms with Gasteiger partial charge in [-0.2, -0.15) is 13.2 Å². The average Bonchev–Trinajstić information content (AvgIpc) is 4.00. The van der Waals surface area contributed by atoms with E-state index >= 15 is 0 Å². The summed E-state index contributed by atoms with van der Waals surface area (Å²) in [4.78, 5) is 69.2. The maximum absolute atomic E-state index is 14.5. The molecule has 4 atom stereocenters. The molecule has 4 heterocycles. The molecular weight excluding hydrogens is 733 g/mol. The second-order valence-electron chi connectivity index (χ2n) is 14.9. The first kappa shape index (κ1) is 40.1. The van der Waals surface area contributed by atoms with E-state index in [2.05, 4.69) is 35.3 Å². The number of rotatable bonds is 10. The second kappa shape index (κ2) is 16.2. The molecule has 0 radical (unpaired) electrons. The van der Waals surface area contributed by atoms with Gasteiger partial charge in [-0.15, -0.1) is 0 Å². The third-order valence-electron chi connectivity index (χ3n) is 10.5. The summed E-state index contributed by atoms with van der Waals surface area (Å²) in [6.45, 7) is 8.04. The Bertz CT molecular complexity index is 2100. The number of benzene rings is 2. The molecule has 0 saturated carbocycles. The predicted octanol–water partition coefficient (Wildman–Crippen LogP) is 6.73. The van der Waals surface area contributed by atoms with Crippen molar-refractivity contribution in [1.82, 2.24) is 40.4 Å². The van der Waals surface area contributed by atoms with Crippen LogP contribution in [0.1, 0.15) is 82.8 Å². The van der Waals surface area contributed by atoms with Crippen LogP contribution in [0, 0.1) is 11.8 Å². The number of hydrogen-bond acceptors (Lipinski definition) is 8. The zero-order valence-electron chi connectivity index (χ0n) is 32.1. The highest BCUT2D eigenvalue weighted by Crippen LogP contribution is 2.41. The van der Waals surface area contributed by atoms with Gasteiger partial charge in [0.25, 0.3) is 0 Å². The number of likely N-dealkylation sites (tertiary alicyclic amines) is 2. The van der Waals surface area contributed by atoms with E-state index in [9.17, 15) is 32.3 Å². The van der Waals surface area contributed by atoms with Crippen LogP contribution >= 0.6 is 0 Å². The minimum absolute atomic E-state index is 0.0197. The van der Waals surface area contributed by atoms with E-state index in [-0.39, 0.29) is 40.9 Å². The highest BCUT2D eigenvalue weighted by atomic mass is 19.4. The zero-order chi connectivity index (χ0) is 40.5. The number of H-pyrrole nitrogens is 2. The van der Waals surface area contributed by atoms with Gasteiger partial charge in [-0.05, 0) is 60.4 Å². The molecular formula is C39H47F3N8O6. The zero-order valence-corrected chi connectivity index (χ0v) is 32.1. The van der Waals surface area contributed by atoms with Crippen molar-refractivity contribution in [3.63, 3.8) is 0 Å². The number of imidazole rings is 2. The summed E-state index contributed by atoms with van der Waals surface area (Å²) < 4.78 is 53.0. The molecule has 56 heavy (non-hydrogen) atoms. The van der Waals surface area contributed by atoms with Gasteiger partial charge in [0.2, 0.25) is 11.8 Å². The number of aromatic amines is 2. The number of hydrogen-bond donors (Lipinski definition) is 4. The Balaban J connectivity index is 1.24. The topological polar surface area (TPSA) is 175 Å². The number of nitrogens with zero attached hydrogens (tertiary/aromatic N) is 4. The van der Waals surface area contributed by atoms with Crippen LogP contribution in [0.4, 0.5) is 22.8 Å². The minimum Gasteiger partial charge on any atom is -0.453 e. The average molecular weight is 781 g/mol. The summed E-state index contributed by atoms with van der Waals surface area (Å²) in [5.74, 6) is -0.483. The van der Waals surface area contributed by atoms with Gasteiger partial charge in [-0.3, -0.25) is 9.59 Å². The highest BCUT2D eigenvalue weighted by Gasteiger charge is 2.42. The van der Waals surface area contributed by atoms with Crippen LogP contribution in [0.2, 0.25) is 0 Å². The fraction of sp³-hybridized carbons (Fsp3) is 0.487. The van der Waals surface area contributed by atoms with Crippen LogP contribution in [-0.4, -0.2) is 93.1 Å². The van der Waals surface area contributed by atoms with Crippen molar-refractivity contribution in [2.45, 2.75) is 83.7 Å². The predicted molar refractivity (Wildman–Crippen MR) is 200 cm³/mol. The lowest BCUT2D eigenvalue weighted by Crippen LogP contribution is -2.51. The Morgan fingerprint density at radius 1 is 0.768 bits per heavy atom. The highest BCUT2D eigenvalue weighted by molar-refractivity contribution is 5.91. The van der Waals surface area contributed by atoms with Crippen LogP contribution < -0.4 is 10.6 Å². The van der Waals surface area contributed by atoms with Crippen molar-refractivity contribution in [3.8, 4) is 22.5 Å². The van der Waals surface area contributed by atoms with Crippen LogP contribution in [-0.2, 0) is 25.2 Å². The van der Waals surface area contributed by atoms with Crippen molar-refractivity contribution in [3.05, 3.63) is 59.9 Å². The first-order valence-electron chi connectivity index (χ1n) is 18.7. The van der Waals surface area contributed by atoms with Crippen molar-refractivity contribution >= 4 is 34.8 Å². The molecule has 0 aliphatic carbocycles. The van der Waals surface area contributed by atoms with Gasteiger partial charge in [0, 0.05) is 24.2 Å². The molecule has 2 fully saturated rings. The first-order valence-corrected chi connectivity index (χ1v) is 18.7. The van der Waals surface area contributed by atoms with Crippen molar-refractivity contribution in [2.24, 2.45) is 11.8 Å². The summed E-state index contributed by atoms with van der Waals surface area (Å²) in [7, 11) is 2.44. The SMILES string of the molecule is COC(=O)N[C@H](C(=O)N1CCC[C@H]1c1ncc(-c2ccc3cc(-c4nc([C@@H]5CCCN5C(=O)[C@@H](NC(=O)OC)C(C)C)[nH]c4C(F)(F)F)ccc3c2)[nH]1)C(C)C. The monoisotopic (exact) mass is 780 g/mol. The molecule has 0 spiro atoms. The summed E-state index contributed by atoms with van der Waals surface area (Å²) in [5, 5.41) is 6.64. The van der Waals surface area contributed by atoms with Crippen molar-refractivity contribution in [1.29, 1.82) is 0 Å². The summed E-state index contributed by atoms with van der Waals surface area (Å²) in [6, 6.07) is 7.76. The van der Waals surface area contributed by atoms with Gasteiger partial charge >= 0.3 is 18.4 Å². The summed E-state index contributed by atoms with van der Waals surface area (Å²) in [5.41, 5.74) is 0.450. The number of halogens is 3. The van der Waals surface area contributed by atoms with E-state index < -0.39 is 48.1 Å². The lowest BCUT2D eigenvalue weighted by molar-refractivity contribution is -0.140. The van der Waals surface area contributed by atoms with Crippen molar-refractivity contribution < 1.29 is 41.8 Å². The van der Waals surface area contributed by atoms with E-state index in [4.69, 9.17) is 4.74 Å². The van der Waals surface area contributed by atoms with Gasteiger partial charge in [0.15, 0.2) is 0 Å². The number of ether oxygens (including phenoxy) is 2. The second-order valence-corrected chi connectivity index (χ2v) is 14.9. The molecule has 2 aliphatic rings. The standard InChI is InChI=1S/C39H47F3N8O6/c1-20(2)29(46-37(53)55-5)35(51)49-15-7-9-27(49)33-43-19-26(44-33)24-13-11-23-18-25(14-12-22(23)17-24)31-32(39(40,41)42)48-34(45-31)28-10-8-16-50(28)36(52)30(21(3)4)47-38(54)56-6/h11-14,17-21,27-30H,7-10,15-16H2,1-6H3,(H,43,44)(H,45,48)(H,46,53)(H,47,54)/t27-,28-,29-,30-/m0/s1. The minimum atomic E-state index is -4.76. The van der Waals surface area contributed by atoms with E-state index in [0.29, 0.717) is 49.3 Å². The molecule has 6 rings (SSSR count). The lowest BCUT2D eigenvalue weighted by atomic mass is 10.0. The van der Waals surface area contributed by atoms with Crippen LogP contribution in [0.3, 0.4) is 0 Å². The fourth-order valence-corrected chi connectivity index (χ4v) is 7.56. The number of carbonyl (C=O) groups is 4.